The highest BCUT2D eigenvalue weighted by atomic mass is 16.6. The van der Waals surface area contributed by atoms with Crippen LogP contribution in [0.1, 0.15) is 33.3 Å². The number of amides is 1. The zero-order valence-corrected chi connectivity index (χ0v) is 14.9. The lowest BCUT2D eigenvalue weighted by Gasteiger charge is -2.20. The first kappa shape index (κ1) is 18.4. The Balaban J connectivity index is 2.05. The topological polar surface area (TPSA) is 84.3 Å². The van der Waals surface area contributed by atoms with Crippen molar-refractivity contribution in [3.63, 3.8) is 0 Å². The van der Waals surface area contributed by atoms with Gasteiger partial charge in [-0.25, -0.2) is 0 Å². The molecule has 0 radical (unpaired) electrons. The van der Waals surface area contributed by atoms with E-state index in [1.54, 1.807) is 19.1 Å². The van der Waals surface area contributed by atoms with Crippen LogP contribution in [0.3, 0.4) is 0 Å². The number of para-hydroxylation sites is 2. The Bertz CT molecular complexity index is 764. The van der Waals surface area contributed by atoms with E-state index in [0.29, 0.717) is 0 Å². The zero-order valence-electron chi connectivity index (χ0n) is 14.9. The number of benzene rings is 2. The Morgan fingerprint density at radius 2 is 1.68 bits per heavy atom. The van der Waals surface area contributed by atoms with Crippen LogP contribution in [-0.2, 0) is 10.2 Å². The van der Waals surface area contributed by atoms with Crippen LogP contribution in [0, 0.1) is 10.1 Å². The molecule has 2 N–H and O–H groups in total. The second-order valence-electron chi connectivity index (χ2n) is 6.96. The molecule has 132 valence electrons. The predicted molar refractivity (Wildman–Crippen MR) is 100.0 cm³/mol. The number of hydrogen-bond acceptors (Lipinski definition) is 4. The molecule has 6 heteroatoms. The van der Waals surface area contributed by atoms with Gasteiger partial charge >= 0.3 is 0 Å². The molecule has 0 aliphatic carbocycles. The molecule has 0 spiro atoms. The molecule has 25 heavy (non-hydrogen) atoms. The number of nitro groups is 1. The lowest BCUT2D eigenvalue weighted by Crippen LogP contribution is -2.32. The minimum atomic E-state index is -0.541. The van der Waals surface area contributed by atoms with Crippen LogP contribution in [0.5, 0.6) is 0 Å². The van der Waals surface area contributed by atoms with Crippen molar-refractivity contribution in [1.29, 1.82) is 0 Å². The molecule has 6 nitrogen and oxygen atoms in total. The van der Waals surface area contributed by atoms with E-state index >= 15 is 0 Å². The number of nitrogens with one attached hydrogen (secondary N) is 2. The lowest BCUT2D eigenvalue weighted by atomic mass is 9.87. The van der Waals surface area contributed by atoms with Crippen LogP contribution >= 0.6 is 0 Å². The van der Waals surface area contributed by atoms with Gasteiger partial charge in [-0.2, -0.15) is 0 Å². The molecule has 0 aliphatic heterocycles. The van der Waals surface area contributed by atoms with Crippen molar-refractivity contribution in [2.24, 2.45) is 0 Å². The van der Waals surface area contributed by atoms with E-state index in [0.717, 1.165) is 5.69 Å². The third-order valence-electron chi connectivity index (χ3n) is 3.89. The van der Waals surface area contributed by atoms with Gasteiger partial charge in [0.1, 0.15) is 11.7 Å². The Morgan fingerprint density at radius 1 is 1.08 bits per heavy atom. The summed E-state index contributed by atoms with van der Waals surface area (Å²) in [6.45, 7) is 8.12. The maximum absolute atomic E-state index is 12.3. The highest BCUT2D eigenvalue weighted by Gasteiger charge is 2.19. The molecule has 0 aromatic heterocycles. The second-order valence-corrected chi connectivity index (χ2v) is 6.96. The van der Waals surface area contributed by atoms with Gasteiger partial charge in [-0.05, 0) is 36.1 Å². The number of anilines is 2. The maximum atomic E-state index is 12.3. The van der Waals surface area contributed by atoms with Crippen molar-refractivity contribution in [1.82, 2.24) is 0 Å². The molecule has 1 unspecified atom stereocenters. The highest BCUT2D eigenvalue weighted by Crippen LogP contribution is 2.25. The molecule has 0 saturated carbocycles. The van der Waals surface area contributed by atoms with Crippen LogP contribution in [0.15, 0.2) is 48.5 Å². The number of carbonyl (C=O) groups is 1. The van der Waals surface area contributed by atoms with Crippen molar-refractivity contribution in [2.75, 3.05) is 10.6 Å². The lowest BCUT2D eigenvalue weighted by molar-refractivity contribution is -0.383. The van der Waals surface area contributed by atoms with Gasteiger partial charge < -0.3 is 10.6 Å². The molecule has 0 heterocycles. The number of rotatable bonds is 5. The van der Waals surface area contributed by atoms with Crippen LogP contribution in [0.4, 0.5) is 17.1 Å². The Labute approximate surface area is 147 Å². The van der Waals surface area contributed by atoms with E-state index in [1.807, 2.05) is 24.3 Å². The largest absolute Gasteiger partial charge is 0.374 e. The fourth-order valence-electron chi connectivity index (χ4n) is 2.36. The van der Waals surface area contributed by atoms with Crippen LogP contribution in [-0.4, -0.2) is 16.9 Å². The van der Waals surface area contributed by atoms with Gasteiger partial charge in [-0.3, -0.25) is 14.9 Å². The first-order valence-corrected chi connectivity index (χ1v) is 8.10. The first-order chi connectivity index (χ1) is 11.7. The molecule has 0 fully saturated rings. The van der Waals surface area contributed by atoms with Crippen molar-refractivity contribution in [3.05, 3.63) is 64.2 Å². The molecule has 0 bridgehead atoms. The number of carbonyl (C=O) groups excluding carboxylic acids is 1. The minimum absolute atomic E-state index is 0.0633. The summed E-state index contributed by atoms with van der Waals surface area (Å²) >= 11 is 0. The summed E-state index contributed by atoms with van der Waals surface area (Å²) in [5.74, 6) is -0.339. The van der Waals surface area contributed by atoms with Gasteiger partial charge in [0.05, 0.1) is 4.92 Å². The predicted octanol–water partition coefficient (Wildman–Crippen LogP) is 4.33. The third kappa shape index (κ3) is 4.79. The summed E-state index contributed by atoms with van der Waals surface area (Å²) in [5, 5.41) is 16.7. The summed E-state index contributed by atoms with van der Waals surface area (Å²) in [7, 11) is 0. The fraction of sp³-hybridized carbons (Fsp3) is 0.316. The van der Waals surface area contributed by atoms with Crippen molar-refractivity contribution in [3.8, 4) is 0 Å². The van der Waals surface area contributed by atoms with E-state index < -0.39 is 11.0 Å². The van der Waals surface area contributed by atoms with Crippen LogP contribution in [0.25, 0.3) is 0 Å². The quantitative estimate of drug-likeness (QED) is 0.626. The van der Waals surface area contributed by atoms with Gasteiger partial charge in [-0.15, -0.1) is 0 Å². The Morgan fingerprint density at radius 3 is 2.24 bits per heavy atom. The summed E-state index contributed by atoms with van der Waals surface area (Å²) in [6, 6.07) is 13.4. The molecular weight excluding hydrogens is 318 g/mol. The average Bonchev–Trinajstić information content (AvgIpc) is 2.54. The molecule has 1 atom stereocenters. The van der Waals surface area contributed by atoms with Crippen molar-refractivity contribution < 1.29 is 9.72 Å². The summed E-state index contributed by atoms with van der Waals surface area (Å²) in [5.41, 5.74) is 2.15. The standard InChI is InChI=1S/C19H23N3O3/c1-13(20-15-11-9-14(10-12-15)19(2,3)4)18(23)21-16-7-5-6-8-17(16)22(24)25/h5-13,20H,1-4H3,(H,21,23). The Kier molecular flexibility index (Phi) is 5.41. The molecule has 1 amide bonds. The van der Waals surface area contributed by atoms with E-state index in [-0.39, 0.29) is 22.7 Å². The zero-order chi connectivity index (χ0) is 18.6. The van der Waals surface area contributed by atoms with Crippen LogP contribution in [0.2, 0.25) is 0 Å². The van der Waals surface area contributed by atoms with Gasteiger partial charge in [-0.1, -0.05) is 45.0 Å². The molecule has 2 aromatic carbocycles. The third-order valence-corrected chi connectivity index (χ3v) is 3.89. The van der Waals surface area contributed by atoms with Gasteiger partial charge in [0.2, 0.25) is 5.91 Å². The average molecular weight is 341 g/mol. The van der Waals surface area contributed by atoms with Crippen LogP contribution < -0.4 is 10.6 Å². The van der Waals surface area contributed by atoms with Crippen molar-refractivity contribution in [2.45, 2.75) is 39.2 Å². The van der Waals surface area contributed by atoms with Gasteiger partial charge in [0, 0.05) is 11.8 Å². The summed E-state index contributed by atoms with van der Waals surface area (Å²) < 4.78 is 0. The SMILES string of the molecule is CC(Nc1ccc(C(C)(C)C)cc1)C(=O)Nc1ccccc1[N+](=O)[O-]. The fourth-order valence-corrected chi connectivity index (χ4v) is 2.36. The number of nitro benzene ring substituents is 1. The normalized spacial score (nSPS) is 12.3. The van der Waals surface area contributed by atoms with E-state index in [1.165, 1.54) is 17.7 Å². The number of nitrogens with zero attached hydrogens (tertiary/aromatic N) is 1. The smallest absolute Gasteiger partial charge is 0.292 e. The number of hydrogen-bond donors (Lipinski definition) is 2. The molecule has 2 aromatic rings. The Hall–Kier alpha value is -2.89. The minimum Gasteiger partial charge on any atom is -0.374 e. The molecule has 2 rings (SSSR count). The monoisotopic (exact) mass is 341 g/mol. The molecule has 0 aliphatic rings. The second kappa shape index (κ2) is 7.34. The molecular formula is C19H23N3O3. The van der Waals surface area contributed by atoms with Gasteiger partial charge in [0.25, 0.3) is 5.69 Å². The first-order valence-electron chi connectivity index (χ1n) is 8.10. The molecule has 0 saturated heterocycles. The summed E-state index contributed by atoms with van der Waals surface area (Å²) in [4.78, 5) is 22.8. The van der Waals surface area contributed by atoms with E-state index in [4.69, 9.17) is 0 Å². The van der Waals surface area contributed by atoms with Gasteiger partial charge in [0.15, 0.2) is 0 Å². The maximum Gasteiger partial charge on any atom is 0.292 e. The van der Waals surface area contributed by atoms with E-state index in [9.17, 15) is 14.9 Å². The van der Waals surface area contributed by atoms with Crippen molar-refractivity contribution >= 4 is 23.0 Å². The summed E-state index contributed by atoms with van der Waals surface area (Å²) in [6.07, 6.45) is 0. The highest BCUT2D eigenvalue weighted by molar-refractivity contribution is 5.97. The van der Waals surface area contributed by atoms with E-state index in [2.05, 4.69) is 31.4 Å².